The van der Waals surface area contributed by atoms with Crippen molar-refractivity contribution in [1.29, 1.82) is 0 Å². The minimum Gasteiger partial charge on any atom is -0.497 e. The number of allylic oxidation sites excluding steroid dienone is 1. The van der Waals surface area contributed by atoms with E-state index in [4.69, 9.17) is 14.6 Å². The molecule has 0 aliphatic rings. The highest BCUT2D eigenvalue weighted by atomic mass is 16.5. The Labute approximate surface area is 103 Å². The van der Waals surface area contributed by atoms with Gasteiger partial charge in [-0.25, -0.2) is 0 Å². The lowest BCUT2D eigenvalue weighted by atomic mass is 10.2. The second kappa shape index (κ2) is 7.87. The molecule has 0 saturated carbocycles. The summed E-state index contributed by atoms with van der Waals surface area (Å²) in [7, 11) is 1.65. The summed E-state index contributed by atoms with van der Waals surface area (Å²) in [5.74, 6) is 0.842. The van der Waals surface area contributed by atoms with E-state index in [0.29, 0.717) is 13.0 Å². The van der Waals surface area contributed by atoms with Crippen LogP contribution in [0.25, 0.3) is 0 Å². The Kier molecular flexibility index (Phi) is 6.37. The minimum atomic E-state index is -0.0212. The Hall–Kier alpha value is -1.32. The van der Waals surface area contributed by atoms with Gasteiger partial charge in [-0.1, -0.05) is 24.3 Å². The van der Waals surface area contributed by atoms with Gasteiger partial charge in [0.1, 0.15) is 5.75 Å². The molecule has 94 valence electrons. The van der Waals surface area contributed by atoms with Crippen molar-refractivity contribution < 1.29 is 14.6 Å². The maximum atomic E-state index is 8.90. The van der Waals surface area contributed by atoms with Gasteiger partial charge in [0.2, 0.25) is 0 Å². The highest BCUT2D eigenvalue weighted by molar-refractivity contribution is 5.26. The number of benzene rings is 1. The van der Waals surface area contributed by atoms with Crippen molar-refractivity contribution in [2.45, 2.75) is 26.1 Å². The summed E-state index contributed by atoms with van der Waals surface area (Å²) in [5.41, 5.74) is 1.10. The number of methoxy groups -OCH3 is 1. The molecule has 1 aromatic rings. The van der Waals surface area contributed by atoms with Crippen molar-refractivity contribution in [2.75, 3.05) is 13.7 Å². The topological polar surface area (TPSA) is 38.7 Å². The number of ether oxygens (including phenoxy) is 2. The lowest BCUT2D eigenvalue weighted by Crippen LogP contribution is -2.11. The van der Waals surface area contributed by atoms with E-state index in [2.05, 4.69) is 0 Å². The van der Waals surface area contributed by atoms with E-state index < -0.39 is 0 Å². The largest absolute Gasteiger partial charge is 0.497 e. The van der Waals surface area contributed by atoms with Crippen LogP contribution in [-0.4, -0.2) is 24.9 Å². The van der Waals surface area contributed by atoms with Crippen LogP contribution in [0.4, 0.5) is 0 Å². The number of aliphatic hydroxyl groups is 1. The molecule has 0 aliphatic carbocycles. The molecule has 17 heavy (non-hydrogen) atoms. The van der Waals surface area contributed by atoms with E-state index in [0.717, 1.165) is 11.3 Å². The summed E-state index contributed by atoms with van der Waals surface area (Å²) >= 11 is 0. The third kappa shape index (κ3) is 5.02. The van der Waals surface area contributed by atoms with Crippen LogP contribution in [0.1, 0.15) is 18.9 Å². The molecule has 0 bridgehead atoms. The van der Waals surface area contributed by atoms with E-state index in [1.54, 1.807) is 7.11 Å². The number of hydrogen-bond donors (Lipinski definition) is 1. The Morgan fingerprint density at radius 1 is 1.29 bits per heavy atom. The Morgan fingerprint density at radius 2 is 2.00 bits per heavy atom. The number of aliphatic hydroxyl groups excluding tert-OH is 1. The van der Waals surface area contributed by atoms with Gasteiger partial charge in [-0.15, -0.1) is 0 Å². The molecule has 0 saturated heterocycles. The smallest absolute Gasteiger partial charge is 0.118 e. The molecule has 0 radical (unpaired) electrons. The van der Waals surface area contributed by atoms with E-state index in [-0.39, 0.29) is 12.7 Å². The molecule has 3 nitrogen and oxygen atoms in total. The molecule has 0 aliphatic heterocycles. The van der Waals surface area contributed by atoms with Crippen LogP contribution >= 0.6 is 0 Å². The van der Waals surface area contributed by atoms with Gasteiger partial charge in [0.15, 0.2) is 0 Å². The molecule has 1 aromatic carbocycles. The monoisotopic (exact) mass is 236 g/mol. The SMILES string of the molecule is C/C=C\[C@H](CCO)OCc1ccc(OC)cc1. The van der Waals surface area contributed by atoms with Gasteiger partial charge in [0.05, 0.1) is 19.8 Å². The van der Waals surface area contributed by atoms with Crippen LogP contribution in [0, 0.1) is 0 Å². The minimum absolute atomic E-state index is 0.0212. The molecule has 0 fully saturated rings. The van der Waals surface area contributed by atoms with Gasteiger partial charge >= 0.3 is 0 Å². The van der Waals surface area contributed by atoms with Crippen LogP contribution in [0.3, 0.4) is 0 Å². The van der Waals surface area contributed by atoms with Crippen LogP contribution in [0.5, 0.6) is 5.75 Å². The first-order chi connectivity index (χ1) is 8.30. The molecular weight excluding hydrogens is 216 g/mol. The quantitative estimate of drug-likeness (QED) is 0.739. The molecule has 1 rings (SSSR count). The predicted molar refractivity (Wildman–Crippen MR) is 68.1 cm³/mol. The van der Waals surface area contributed by atoms with E-state index >= 15 is 0 Å². The van der Waals surface area contributed by atoms with Crippen molar-refractivity contribution in [3.05, 3.63) is 42.0 Å². The van der Waals surface area contributed by atoms with Crippen molar-refractivity contribution in [3.63, 3.8) is 0 Å². The molecule has 0 unspecified atom stereocenters. The van der Waals surface area contributed by atoms with E-state index in [1.165, 1.54) is 0 Å². The predicted octanol–water partition coefficient (Wildman–Crippen LogP) is 2.54. The first-order valence-corrected chi connectivity index (χ1v) is 5.78. The van der Waals surface area contributed by atoms with Crippen molar-refractivity contribution in [1.82, 2.24) is 0 Å². The molecule has 0 aromatic heterocycles. The molecular formula is C14H20O3. The highest BCUT2D eigenvalue weighted by Crippen LogP contribution is 2.13. The molecule has 3 heteroatoms. The molecule has 1 atom stereocenters. The maximum absolute atomic E-state index is 8.90. The van der Waals surface area contributed by atoms with Crippen LogP contribution < -0.4 is 4.74 Å². The van der Waals surface area contributed by atoms with Crippen LogP contribution in [0.15, 0.2) is 36.4 Å². The second-order valence-corrected chi connectivity index (χ2v) is 3.74. The highest BCUT2D eigenvalue weighted by Gasteiger charge is 2.04. The molecule has 1 N–H and O–H groups in total. The van der Waals surface area contributed by atoms with Gasteiger partial charge in [-0.05, 0) is 24.6 Å². The average molecular weight is 236 g/mol. The summed E-state index contributed by atoms with van der Waals surface area (Å²) in [6.45, 7) is 2.62. The average Bonchev–Trinajstić information content (AvgIpc) is 2.37. The Bertz CT molecular complexity index is 330. The van der Waals surface area contributed by atoms with Gasteiger partial charge in [-0.2, -0.15) is 0 Å². The van der Waals surface area contributed by atoms with Crippen LogP contribution in [0.2, 0.25) is 0 Å². The fraction of sp³-hybridized carbons (Fsp3) is 0.429. The lowest BCUT2D eigenvalue weighted by molar-refractivity contribution is 0.0543. The van der Waals surface area contributed by atoms with Crippen molar-refractivity contribution >= 4 is 0 Å². The number of hydrogen-bond acceptors (Lipinski definition) is 3. The standard InChI is InChI=1S/C14H20O3/c1-3-4-14(9-10-15)17-11-12-5-7-13(16-2)8-6-12/h3-8,14-15H,9-11H2,1-2H3/b4-3-/t14-/m1/s1. The van der Waals surface area contributed by atoms with Gasteiger partial charge in [0, 0.05) is 13.0 Å². The van der Waals surface area contributed by atoms with Gasteiger partial charge < -0.3 is 14.6 Å². The molecule has 0 spiro atoms. The Morgan fingerprint density at radius 3 is 2.53 bits per heavy atom. The van der Waals surface area contributed by atoms with Crippen LogP contribution in [-0.2, 0) is 11.3 Å². The second-order valence-electron chi connectivity index (χ2n) is 3.74. The lowest BCUT2D eigenvalue weighted by Gasteiger charge is -2.13. The summed E-state index contributed by atoms with van der Waals surface area (Å²) in [5, 5.41) is 8.90. The maximum Gasteiger partial charge on any atom is 0.118 e. The summed E-state index contributed by atoms with van der Waals surface area (Å²) in [6.07, 6.45) is 4.50. The van der Waals surface area contributed by atoms with E-state index in [9.17, 15) is 0 Å². The zero-order valence-electron chi connectivity index (χ0n) is 10.4. The normalized spacial score (nSPS) is 12.9. The summed E-state index contributed by atoms with van der Waals surface area (Å²) in [4.78, 5) is 0. The fourth-order valence-electron chi connectivity index (χ4n) is 1.50. The Balaban J connectivity index is 2.46. The van der Waals surface area contributed by atoms with Gasteiger partial charge in [-0.3, -0.25) is 0 Å². The fourth-order valence-corrected chi connectivity index (χ4v) is 1.50. The third-order valence-corrected chi connectivity index (χ3v) is 2.44. The van der Waals surface area contributed by atoms with Gasteiger partial charge in [0.25, 0.3) is 0 Å². The van der Waals surface area contributed by atoms with Crippen molar-refractivity contribution in [3.8, 4) is 5.75 Å². The first kappa shape index (κ1) is 13.7. The summed E-state index contributed by atoms with van der Waals surface area (Å²) in [6, 6.07) is 7.78. The first-order valence-electron chi connectivity index (χ1n) is 5.78. The third-order valence-electron chi connectivity index (χ3n) is 2.44. The summed E-state index contributed by atoms with van der Waals surface area (Å²) < 4.78 is 10.8. The molecule has 0 amide bonds. The number of rotatable bonds is 7. The molecule has 0 heterocycles. The van der Waals surface area contributed by atoms with Crippen molar-refractivity contribution in [2.24, 2.45) is 0 Å². The van der Waals surface area contributed by atoms with E-state index in [1.807, 2.05) is 43.3 Å². The zero-order chi connectivity index (χ0) is 12.5. The zero-order valence-corrected chi connectivity index (χ0v) is 10.4.